The van der Waals surface area contributed by atoms with Gasteiger partial charge in [0, 0.05) is 18.5 Å². The van der Waals surface area contributed by atoms with Crippen molar-refractivity contribution in [2.24, 2.45) is 0 Å². The van der Waals surface area contributed by atoms with Crippen LogP contribution in [0.15, 0.2) is 24.5 Å². The first-order chi connectivity index (χ1) is 11.8. The molecule has 1 N–H and O–H groups in total. The third kappa shape index (κ3) is 3.33. The summed E-state index contributed by atoms with van der Waals surface area (Å²) in [6, 6.07) is 3.85. The quantitative estimate of drug-likeness (QED) is 0.937. The standard InChI is InChI=1S/C18H22N4O2/c23-18(17-8-7-13-4-1-2-6-16(13)21-17)20-14-10-19-22(11-14)12-15-5-3-9-24-15/h7-8,10-11,15H,1-6,9,12H2,(H,20,23)/t15-/m0/s1. The lowest BCUT2D eigenvalue weighted by molar-refractivity contribution is 0.0940. The minimum atomic E-state index is -0.181. The summed E-state index contributed by atoms with van der Waals surface area (Å²) in [5, 5.41) is 7.18. The molecule has 0 unspecified atom stereocenters. The van der Waals surface area contributed by atoms with Gasteiger partial charge in [-0.1, -0.05) is 6.07 Å². The van der Waals surface area contributed by atoms with Gasteiger partial charge < -0.3 is 10.1 Å². The summed E-state index contributed by atoms with van der Waals surface area (Å²) in [4.78, 5) is 17.0. The summed E-state index contributed by atoms with van der Waals surface area (Å²) in [6.07, 6.45) is 10.3. The van der Waals surface area contributed by atoms with Crippen molar-refractivity contribution >= 4 is 11.6 Å². The third-order valence-electron chi connectivity index (χ3n) is 4.72. The summed E-state index contributed by atoms with van der Waals surface area (Å²) in [7, 11) is 0. The Morgan fingerprint density at radius 3 is 3.08 bits per heavy atom. The monoisotopic (exact) mass is 326 g/mol. The highest BCUT2D eigenvalue weighted by molar-refractivity contribution is 6.02. The first-order valence-electron chi connectivity index (χ1n) is 8.72. The molecule has 1 fully saturated rings. The van der Waals surface area contributed by atoms with Crippen molar-refractivity contribution in [2.75, 3.05) is 11.9 Å². The summed E-state index contributed by atoms with van der Waals surface area (Å²) in [5.74, 6) is -0.181. The first kappa shape index (κ1) is 15.3. The number of hydrogen-bond acceptors (Lipinski definition) is 4. The van der Waals surface area contributed by atoms with E-state index in [0.29, 0.717) is 11.4 Å². The van der Waals surface area contributed by atoms with Gasteiger partial charge >= 0.3 is 0 Å². The summed E-state index contributed by atoms with van der Waals surface area (Å²) >= 11 is 0. The fourth-order valence-corrected chi connectivity index (χ4v) is 3.43. The summed E-state index contributed by atoms with van der Waals surface area (Å²) < 4.78 is 7.44. The molecule has 4 rings (SSSR count). The molecule has 2 aromatic heterocycles. The number of anilines is 1. The Morgan fingerprint density at radius 1 is 1.29 bits per heavy atom. The van der Waals surface area contributed by atoms with Gasteiger partial charge in [0.2, 0.25) is 0 Å². The van der Waals surface area contributed by atoms with Gasteiger partial charge in [-0.25, -0.2) is 4.98 Å². The molecule has 1 saturated heterocycles. The van der Waals surface area contributed by atoms with E-state index in [4.69, 9.17) is 4.74 Å². The average molecular weight is 326 g/mol. The fraction of sp³-hybridized carbons (Fsp3) is 0.500. The largest absolute Gasteiger partial charge is 0.376 e. The number of nitrogens with zero attached hydrogens (tertiary/aromatic N) is 3. The predicted molar refractivity (Wildman–Crippen MR) is 90.0 cm³/mol. The maximum absolute atomic E-state index is 12.4. The molecule has 126 valence electrons. The Hall–Kier alpha value is -2.21. The van der Waals surface area contributed by atoms with Crippen molar-refractivity contribution in [3.8, 4) is 0 Å². The Labute approximate surface area is 141 Å². The highest BCUT2D eigenvalue weighted by Gasteiger charge is 2.18. The van der Waals surface area contributed by atoms with E-state index < -0.39 is 0 Å². The van der Waals surface area contributed by atoms with Crippen molar-refractivity contribution in [1.82, 2.24) is 14.8 Å². The lowest BCUT2D eigenvalue weighted by atomic mass is 9.96. The van der Waals surface area contributed by atoms with Crippen molar-refractivity contribution in [1.29, 1.82) is 0 Å². The zero-order valence-corrected chi connectivity index (χ0v) is 13.7. The van der Waals surface area contributed by atoms with Gasteiger partial charge in [0.25, 0.3) is 5.91 Å². The van der Waals surface area contributed by atoms with E-state index in [9.17, 15) is 4.79 Å². The second-order valence-corrected chi connectivity index (χ2v) is 6.55. The van der Waals surface area contributed by atoms with Crippen LogP contribution in [0.1, 0.15) is 47.4 Å². The van der Waals surface area contributed by atoms with Crippen LogP contribution >= 0.6 is 0 Å². The maximum atomic E-state index is 12.4. The van der Waals surface area contributed by atoms with E-state index in [0.717, 1.165) is 50.9 Å². The molecule has 6 heteroatoms. The molecule has 1 aliphatic heterocycles. The van der Waals surface area contributed by atoms with Crippen LogP contribution in [0.5, 0.6) is 0 Å². The molecule has 6 nitrogen and oxygen atoms in total. The molecule has 1 aliphatic carbocycles. The van der Waals surface area contributed by atoms with E-state index in [1.54, 1.807) is 6.20 Å². The minimum Gasteiger partial charge on any atom is -0.376 e. The van der Waals surface area contributed by atoms with Gasteiger partial charge in [0.05, 0.1) is 24.5 Å². The van der Waals surface area contributed by atoms with E-state index in [-0.39, 0.29) is 12.0 Å². The Bertz CT molecular complexity index is 734. The van der Waals surface area contributed by atoms with Crippen LogP contribution in [-0.4, -0.2) is 33.4 Å². The van der Waals surface area contributed by atoms with Crippen LogP contribution in [0.25, 0.3) is 0 Å². The zero-order valence-electron chi connectivity index (χ0n) is 13.7. The highest BCUT2D eigenvalue weighted by atomic mass is 16.5. The minimum absolute atomic E-state index is 0.181. The Balaban J connectivity index is 1.41. The smallest absolute Gasteiger partial charge is 0.274 e. The summed E-state index contributed by atoms with van der Waals surface area (Å²) in [5.41, 5.74) is 3.52. The van der Waals surface area contributed by atoms with Crippen molar-refractivity contribution in [3.05, 3.63) is 41.5 Å². The second kappa shape index (κ2) is 6.73. The van der Waals surface area contributed by atoms with Gasteiger partial charge in [-0.05, 0) is 50.2 Å². The number of rotatable bonds is 4. The van der Waals surface area contributed by atoms with Gasteiger partial charge in [-0.15, -0.1) is 0 Å². The lowest BCUT2D eigenvalue weighted by Gasteiger charge is -2.15. The van der Waals surface area contributed by atoms with Crippen LogP contribution in [0.2, 0.25) is 0 Å². The second-order valence-electron chi connectivity index (χ2n) is 6.55. The number of amides is 1. The first-order valence-corrected chi connectivity index (χ1v) is 8.72. The number of carbonyl (C=O) groups is 1. The molecule has 1 atom stereocenters. The third-order valence-corrected chi connectivity index (χ3v) is 4.72. The number of hydrogen-bond donors (Lipinski definition) is 1. The molecule has 1 amide bonds. The molecule has 2 aliphatic rings. The molecule has 24 heavy (non-hydrogen) atoms. The molecule has 0 saturated carbocycles. The number of fused-ring (bicyclic) bond motifs is 1. The number of aromatic nitrogens is 3. The normalized spacial score (nSPS) is 19.9. The van der Waals surface area contributed by atoms with Crippen LogP contribution in [-0.2, 0) is 24.1 Å². The number of aryl methyl sites for hydroxylation is 2. The number of carbonyl (C=O) groups excluding carboxylic acids is 1. The Morgan fingerprint density at radius 2 is 2.21 bits per heavy atom. The zero-order chi connectivity index (χ0) is 16.4. The highest BCUT2D eigenvalue weighted by Crippen LogP contribution is 2.20. The van der Waals surface area contributed by atoms with Crippen molar-refractivity contribution in [2.45, 2.75) is 51.2 Å². The molecule has 0 spiro atoms. The Kier molecular flexibility index (Phi) is 4.30. The van der Waals surface area contributed by atoms with E-state index in [2.05, 4.69) is 15.4 Å². The van der Waals surface area contributed by atoms with Crippen LogP contribution in [0, 0.1) is 0 Å². The van der Waals surface area contributed by atoms with Gasteiger partial charge in [0.1, 0.15) is 5.69 Å². The summed E-state index contributed by atoms with van der Waals surface area (Å²) in [6.45, 7) is 1.56. The molecule has 0 bridgehead atoms. The fourth-order valence-electron chi connectivity index (χ4n) is 3.43. The van der Waals surface area contributed by atoms with Crippen LogP contribution in [0.4, 0.5) is 5.69 Å². The van der Waals surface area contributed by atoms with Gasteiger partial charge in [-0.2, -0.15) is 5.10 Å². The molecule has 0 radical (unpaired) electrons. The topological polar surface area (TPSA) is 69.0 Å². The molecule has 0 aromatic carbocycles. The van der Waals surface area contributed by atoms with E-state index in [1.807, 2.05) is 23.0 Å². The van der Waals surface area contributed by atoms with Crippen molar-refractivity contribution in [3.63, 3.8) is 0 Å². The number of nitrogens with one attached hydrogen (secondary N) is 1. The molecular formula is C18H22N4O2. The molecule has 3 heterocycles. The SMILES string of the molecule is O=C(Nc1cnn(C[C@@H]2CCCO2)c1)c1ccc2c(n1)CCCC2. The molecule has 2 aromatic rings. The van der Waals surface area contributed by atoms with E-state index >= 15 is 0 Å². The van der Waals surface area contributed by atoms with Crippen molar-refractivity contribution < 1.29 is 9.53 Å². The number of pyridine rings is 1. The van der Waals surface area contributed by atoms with Gasteiger partial charge in [0.15, 0.2) is 0 Å². The van der Waals surface area contributed by atoms with Crippen LogP contribution < -0.4 is 5.32 Å². The van der Waals surface area contributed by atoms with Gasteiger partial charge in [-0.3, -0.25) is 9.48 Å². The van der Waals surface area contributed by atoms with E-state index in [1.165, 1.54) is 12.0 Å². The lowest BCUT2D eigenvalue weighted by Crippen LogP contribution is -2.16. The number of ether oxygens (including phenoxy) is 1. The van der Waals surface area contributed by atoms with Crippen LogP contribution in [0.3, 0.4) is 0 Å². The molecular weight excluding hydrogens is 304 g/mol. The predicted octanol–water partition coefficient (Wildman–Crippen LogP) is 2.59. The maximum Gasteiger partial charge on any atom is 0.274 e. The average Bonchev–Trinajstić information content (AvgIpc) is 3.27.